The summed E-state index contributed by atoms with van der Waals surface area (Å²) in [6.07, 6.45) is 0.741. The molecular weight excluding hydrogens is 407 g/mol. The minimum absolute atomic E-state index is 0.273. The molecule has 1 aliphatic carbocycles. The fraction of sp³-hybridized carbons (Fsp3) is 0.455. The summed E-state index contributed by atoms with van der Waals surface area (Å²) >= 11 is 0. The lowest BCUT2D eigenvalue weighted by Crippen LogP contribution is -2.42. The van der Waals surface area contributed by atoms with Crippen LogP contribution in [0.25, 0.3) is 0 Å². The van der Waals surface area contributed by atoms with Crippen molar-refractivity contribution in [2.24, 2.45) is 0 Å². The Morgan fingerprint density at radius 1 is 1.29 bits per heavy atom. The van der Waals surface area contributed by atoms with Gasteiger partial charge >= 0.3 is 6.18 Å². The van der Waals surface area contributed by atoms with E-state index in [0.29, 0.717) is 24.0 Å². The van der Waals surface area contributed by atoms with E-state index >= 15 is 0 Å². The van der Waals surface area contributed by atoms with Crippen molar-refractivity contribution in [1.29, 1.82) is 5.26 Å². The third kappa shape index (κ3) is 5.79. The Bertz CT molecular complexity index is 907. The van der Waals surface area contributed by atoms with Gasteiger partial charge in [-0.1, -0.05) is 0 Å². The lowest BCUT2D eigenvalue weighted by molar-refractivity contribution is -0.150. The molecule has 31 heavy (non-hydrogen) atoms. The zero-order valence-corrected chi connectivity index (χ0v) is 17.5. The van der Waals surface area contributed by atoms with E-state index in [1.165, 1.54) is 6.20 Å². The third-order valence-electron chi connectivity index (χ3n) is 5.46. The predicted octanol–water partition coefficient (Wildman–Crippen LogP) is 4.58. The average Bonchev–Trinajstić information content (AvgIpc) is 2.70. The summed E-state index contributed by atoms with van der Waals surface area (Å²) in [5.74, 6) is 0.705. The first-order valence-electron chi connectivity index (χ1n) is 10.2. The first-order valence-corrected chi connectivity index (χ1v) is 10.2. The summed E-state index contributed by atoms with van der Waals surface area (Å²) in [5, 5.41) is 9.25. The van der Waals surface area contributed by atoms with Crippen LogP contribution < -0.4 is 20.5 Å². The number of ether oxygens (including phenoxy) is 1. The molecular formula is C22H26F3N5O. The molecule has 6 nitrogen and oxygen atoms in total. The van der Waals surface area contributed by atoms with Gasteiger partial charge in [-0.2, -0.15) is 18.4 Å². The van der Waals surface area contributed by atoms with Gasteiger partial charge in [-0.05, 0) is 62.1 Å². The van der Waals surface area contributed by atoms with Gasteiger partial charge in [0.25, 0.3) is 0 Å². The second-order valence-corrected chi connectivity index (χ2v) is 7.61. The highest BCUT2D eigenvalue weighted by Crippen LogP contribution is 2.35. The van der Waals surface area contributed by atoms with E-state index in [9.17, 15) is 18.4 Å². The number of hydrazine groups is 1. The molecule has 0 saturated heterocycles. The number of benzene rings is 1. The van der Waals surface area contributed by atoms with E-state index in [1.807, 2.05) is 18.2 Å². The van der Waals surface area contributed by atoms with E-state index in [2.05, 4.69) is 26.8 Å². The van der Waals surface area contributed by atoms with Crippen LogP contribution in [0.3, 0.4) is 0 Å². The monoisotopic (exact) mass is 433 g/mol. The Kier molecular flexibility index (Phi) is 7.23. The normalized spacial score (nSPS) is 15.0. The zero-order chi connectivity index (χ0) is 22.4. The van der Waals surface area contributed by atoms with Crippen LogP contribution in [0.5, 0.6) is 5.75 Å². The lowest BCUT2D eigenvalue weighted by atomic mass is 9.90. The second-order valence-electron chi connectivity index (χ2n) is 7.61. The van der Waals surface area contributed by atoms with Crippen LogP contribution in [0.1, 0.15) is 37.4 Å². The maximum atomic E-state index is 12.6. The maximum absolute atomic E-state index is 12.6. The number of aromatic nitrogens is 1. The van der Waals surface area contributed by atoms with E-state index in [1.54, 1.807) is 19.2 Å². The fourth-order valence-electron chi connectivity index (χ4n) is 3.35. The molecule has 0 aliphatic heterocycles. The summed E-state index contributed by atoms with van der Waals surface area (Å²) in [7, 11) is 1.60. The van der Waals surface area contributed by atoms with E-state index in [4.69, 9.17) is 4.74 Å². The van der Waals surface area contributed by atoms with Gasteiger partial charge in [-0.25, -0.2) is 5.43 Å². The van der Waals surface area contributed by atoms with Crippen molar-refractivity contribution in [3.05, 3.63) is 47.8 Å². The first kappa shape index (κ1) is 22.7. The molecule has 3 rings (SSSR count). The van der Waals surface area contributed by atoms with E-state index < -0.39 is 12.2 Å². The molecule has 1 heterocycles. The molecule has 0 radical (unpaired) electrons. The molecule has 1 aromatic carbocycles. The summed E-state index contributed by atoms with van der Waals surface area (Å²) in [6, 6.07) is 10.1. The SMILES string of the molecule is COc1ccc(N(Cc2ccc(NN[C@H](C)C(F)(F)F)cn2)C2CCC2)c(CC#N)c1. The van der Waals surface area contributed by atoms with Gasteiger partial charge in [-0.15, -0.1) is 0 Å². The number of hydrogen-bond acceptors (Lipinski definition) is 6. The predicted molar refractivity (Wildman–Crippen MR) is 113 cm³/mol. The molecule has 1 saturated carbocycles. The lowest BCUT2D eigenvalue weighted by Gasteiger charge is -2.40. The first-order chi connectivity index (χ1) is 14.8. The minimum atomic E-state index is -4.33. The molecule has 0 spiro atoms. The molecule has 2 aromatic rings. The minimum Gasteiger partial charge on any atom is -0.497 e. The van der Waals surface area contributed by atoms with Gasteiger partial charge in [-0.3, -0.25) is 4.98 Å². The number of rotatable bonds is 9. The van der Waals surface area contributed by atoms with Crippen LogP contribution in [0, 0.1) is 11.3 Å². The van der Waals surface area contributed by atoms with E-state index in [-0.39, 0.29) is 6.42 Å². The Balaban J connectivity index is 1.75. The van der Waals surface area contributed by atoms with Crippen molar-refractivity contribution in [1.82, 2.24) is 10.4 Å². The van der Waals surface area contributed by atoms with Crippen LogP contribution in [0.4, 0.5) is 24.5 Å². The van der Waals surface area contributed by atoms with Crippen molar-refractivity contribution < 1.29 is 17.9 Å². The number of nitriles is 1. The average molecular weight is 433 g/mol. The number of anilines is 2. The van der Waals surface area contributed by atoms with Gasteiger partial charge in [0.05, 0.1) is 43.7 Å². The van der Waals surface area contributed by atoms with Crippen LogP contribution in [-0.4, -0.2) is 30.4 Å². The van der Waals surface area contributed by atoms with Crippen LogP contribution in [0.15, 0.2) is 36.5 Å². The fourth-order valence-corrected chi connectivity index (χ4v) is 3.35. The van der Waals surface area contributed by atoms with Gasteiger partial charge in [0.2, 0.25) is 0 Å². The molecule has 9 heteroatoms. The van der Waals surface area contributed by atoms with E-state index in [0.717, 1.165) is 43.1 Å². The van der Waals surface area contributed by atoms with Gasteiger partial charge in [0.15, 0.2) is 0 Å². The van der Waals surface area contributed by atoms with Crippen molar-refractivity contribution in [3.8, 4) is 11.8 Å². The molecule has 1 atom stereocenters. The highest BCUT2D eigenvalue weighted by Gasteiger charge is 2.35. The Morgan fingerprint density at radius 3 is 2.61 bits per heavy atom. The van der Waals surface area contributed by atoms with Gasteiger partial charge in [0.1, 0.15) is 11.8 Å². The molecule has 0 unspecified atom stereocenters. The number of alkyl halides is 3. The second kappa shape index (κ2) is 9.88. The van der Waals surface area contributed by atoms with Crippen molar-refractivity contribution >= 4 is 11.4 Å². The highest BCUT2D eigenvalue weighted by molar-refractivity contribution is 5.58. The standard InChI is InChI=1S/C22H26F3N5O/c1-15(22(23,24)25)28-29-17-6-7-18(27-13-17)14-30(19-4-3-5-19)21-9-8-20(31-2)12-16(21)10-11-26/h6-9,12-13,15,19,28-29H,3-5,10,14H2,1-2H3/t15-/m1/s1. The Hall–Kier alpha value is -2.99. The highest BCUT2D eigenvalue weighted by atomic mass is 19.4. The number of methoxy groups -OCH3 is 1. The molecule has 166 valence electrons. The molecule has 1 aliphatic rings. The maximum Gasteiger partial charge on any atom is 0.405 e. The molecule has 0 bridgehead atoms. The summed E-state index contributed by atoms with van der Waals surface area (Å²) in [5.41, 5.74) is 7.90. The number of nitrogens with one attached hydrogen (secondary N) is 2. The number of pyridine rings is 1. The van der Waals surface area contributed by atoms with Crippen molar-refractivity contribution in [2.75, 3.05) is 17.4 Å². The summed E-state index contributed by atoms with van der Waals surface area (Å²) < 4.78 is 43.2. The summed E-state index contributed by atoms with van der Waals surface area (Å²) in [6.45, 7) is 1.58. The van der Waals surface area contributed by atoms with Gasteiger partial charge < -0.3 is 15.1 Å². The third-order valence-corrected chi connectivity index (χ3v) is 5.46. The zero-order valence-electron chi connectivity index (χ0n) is 17.5. The van der Waals surface area contributed by atoms with Crippen LogP contribution >= 0.6 is 0 Å². The summed E-state index contributed by atoms with van der Waals surface area (Å²) in [4.78, 5) is 6.68. The van der Waals surface area contributed by atoms with Crippen LogP contribution in [-0.2, 0) is 13.0 Å². The quantitative estimate of drug-likeness (QED) is 0.564. The van der Waals surface area contributed by atoms with Crippen LogP contribution in [0.2, 0.25) is 0 Å². The Morgan fingerprint density at radius 2 is 2.06 bits per heavy atom. The van der Waals surface area contributed by atoms with Crippen molar-refractivity contribution in [2.45, 2.75) is 57.4 Å². The molecule has 1 aromatic heterocycles. The smallest absolute Gasteiger partial charge is 0.405 e. The Labute approximate surface area is 180 Å². The molecule has 2 N–H and O–H groups in total. The number of halogens is 3. The van der Waals surface area contributed by atoms with Gasteiger partial charge in [0, 0.05) is 11.7 Å². The largest absolute Gasteiger partial charge is 0.497 e. The molecule has 0 amide bonds. The molecule has 1 fully saturated rings. The number of hydrogen-bond donors (Lipinski definition) is 2. The van der Waals surface area contributed by atoms with Crippen molar-refractivity contribution in [3.63, 3.8) is 0 Å². The number of nitrogens with zero attached hydrogens (tertiary/aromatic N) is 3. The topological polar surface area (TPSA) is 73.2 Å².